The number of halogens is 1. The lowest BCUT2D eigenvalue weighted by atomic mass is 10.1. The maximum absolute atomic E-state index is 11.3. The van der Waals surface area contributed by atoms with Crippen LogP contribution in [0.2, 0.25) is 0 Å². The largest absolute Gasteiger partial charge is 0.298 e. The third-order valence-electron chi connectivity index (χ3n) is 3.25. The van der Waals surface area contributed by atoms with Crippen LogP contribution in [-0.2, 0) is 6.54 Å². The lowest BCUT2D eigenvalue weighted by Gasteiger charge is -2.04. The van der Waals surface area contributed by atoms with Gasteiger partial charge in [-0.2, -0.15) is 5.10 Å². The summed E-state index contributed by atoms with van der Waals surface area (Å²) in [6.07, 6.45) is 2.64. The molecule has 2 aromatic carbocycles. The van der Waals surface area contributed by atoms with Gasteiger partial charge in [-0.15, -0.1) is 0 Å². The minimum absolute atomic E-state index is 0.605. The fourth-order valence-electron chi connectivity index (χ4n) is 2.23. The Balaban J connectivity index is 1.97. The molecule has 3 rings (SSSR count). The monoisotopic (exact) mass is 340 g/mol. The van der Waals surface area contributed by atoms with Gasteiger partial charge in [-0.3, -0.25) is 9.48 Å². The molecule has 0 spiro atoms. The van der Waals surface area contributed by atoms with Crippen LogP contribution in [0.3, 0.4) is 0 Å². The number of benzene rings is 2. The second kappa shape index (κ2) is 6.06. The summed E-state index contributed by atoms with van der Waals surface area (Å²) in [6.45, 7) is 0.620. The number of nitrogens with zero attached hydrogens (tertiary/aromatic N) is 2. The fraction of sp³-hybridized carbons (Fsp3) is 0.0588. The molecule has 0 bridgehead atoms. The summed E-state index contributed by atoms with van der Waals surface area (Å²) in [5.41, 5.74) is 3.40. The van der Waals surface area contributed by atoms with E-state index in [4.69, 9.17) is 0 Å². The van der Waals surface area contributed by atoms with E-state index in [0.29, 0.717) is 12.1 Å². The summed E-state index contributed by atoms with van der Waals surface area (Å²) in [5, 5.41) is 4.55. The first-order valence-corrected chi connectivity index (χ1v) is 7.38. The minimum Gasteiger partial charge on any atom is -0.298 e. The number of carbonyl (C=O) groups excluding carboxylic acids is 1. The van der Waals surface area contributed by atoms with Crippen LogP contribution in [0.15, 0.2) is 65.3 Å². The van der Waals surface area contributed by atoms with Crippen LogP contribution in [0.25, 0.3) is 11.3 Å². The molecule has 3 aromatic rings. The number of hydrogen-bond acceptors (Lipinski definition) is 2. The van der Waals surface area contributed by atoms with Crippen LogP contribution >= 0.6 is 15.9 Å². The van der Waals surface area contributed by atoms with Crippen molar-refractivity contribution in [1.29, 1.82) is 0 Å². The van der Waals surface area contributed by atoms with E-state index in [1.807, 2.05) is 54.6 Å². The Morgan fingerprint density at radius 3 is 2.48 bits per heavy atom. The predicted octanol–water partition coefficient (Wildman–Crippen LogP) is 4.17. The second-order valence-corrected chi connectivity index (χ2v) is 5.56. The van der Waals surface area contributed by atoms with E-state index in [-0.39, 0.29) is 0 Å². The number of carbonyl (C=O) groups is 1. The van der Waals surface area contributed by atoms with Crippen LogP contribution in [0, 0.1) is 0 Å². The Morgan fingerprint density at radius 2 is 1.76 bits per heavy atom. The van der Waals surface area contributed by atoms with Gasteiger partial charge in [-0.25, -0.2) is 0 Å². The second-order valence-electron chi connectivity index (χ2n) is 4.71. The van der Waals surface area contributed by atoms with E-state index in [1.165, 1.54) is 0 Å². The van der Waals surface area contributed by atoms with Crippen LogP contribution in [0.5, 0.6) is 0 Å². The van der Waals surface area contributed by atoms with E-state index in [9.17, 15) is 4.79 Å². The van der Waals surface area contributed by atoms with Crippen molar-refractivity contribution in [3.63, 3.8) is 0 Å². The van der Waals surface area contributed by atoms with Gasteiger partial charge in [0.05, 0.1) is 12.1 Å². The molecule has 0 aliphatic carbocycles. The van der Waals surface area contributed by atoms with Crippen molar-refractivity contribution in [3.8, 4) is 11.3 Å². The summed E-state index contributed by atoms with van der Waals surface area (Å²) < 4.78 is 2.83. The smallest absolute Gasteiger partial charge is 0.153 e. The Kier molecular flexibility index (Phi) is 3.97. The van der Waals surface area contributed by atoms with Crippen LogP contribution < -0.4 is 0 Å². The third kappa shape index (κ3) is 2.95. The average Bonchev–Trinajstić information content (AvgIpc) is 2.93. The minimum atomic E-state index is 0.605. The first-order valence-electron chi connectivity index (χ1n) is 6.59. The first-order chi connectivity index (χ1) is 10.3. The molecule has 0 saturated heterocycles. The summed E-state index contributed by atoms with van der Waals surface area (Å²) in [5.74, 6) is 0. The molecule has 0 amide bonds. The molecule has 0 atom stereocenters. The molecule has 1 heterocycles. The number of aromatic nitrogens is 2. The van der Waals surface area contributed by atoms with Gasteiger partial charge in [0.1, 0.15) is 5.69 Å². The van der Waals surface area contributed by atoms with Crippen molar-refractivity contribution >= 4 is 22.2 Å². The highest BCUT2D eigenvalue weighted by Crippen LogP contribution is 2.22. The highest BCUT2D eigenvalue weighted by Gasteiger charge is 2.11. The normalized spacial score (nSPS) is 10.5. The van der Waals surface area contributed by atoms with Gasteiger partial charge < -0.3 is 0 Å². The molecular weight excluding hydrogens is 328 g/mol. The van der Waals surface area contributed by atoms with Gasteiger partial charge in [0.15, 0.2) is 6.29 Å². The predicted molar refractivity (Wildman–Crippen MR) is 86.3 cm³/mol. The van der Waals surface area contributed by atoms with Crippen LogP contribution in [0.1, 0.15) is 15.9 Å². The maximum Gasteiger partial charge on any atom is 0.153 e. The van der Waals surface area contributed by atoms with Gasteiger partial charge >= 0.3 is 0 Å². The van der Waals surface area contributed by atoms with Crippen LogP contribution in [-0.4, -0.2) is 16.1 Å². The standard InChI is InChI=1S/C17H13BrN2O/c18-16-9-5-4-8-14(16)10-20-11-15(12-21)17(19-20)13-6-2-1-3-7-13/h1-9,11-12H,10H2. The van der Waals surface area contributed by atoms with Gasteiger partial charge in [-0.05, 0) is 11.6 Å². The highest BCUT2D eigenvalue weighted by atomic mass is 79.9. The van der Waals surface area contributed by atoms with E-state index >= 15 is 0 Å². The summed E-state index contributed by atoms with van der Waals surface area (Å²) in [6, 6.07) is 17.7. The maximum atomic E-state index is 11.3. The number of rotatable bonds is 4. The van der Waals surface area contributed by atoms with E-state index in [0.717, 1.165) is 27.6 Å². The van der Waals surface area contributed by atoms with E-state index in [1.54, 1.807) is 10.9 Å². The lowest BCUT2D eigenvalue weighted by Crippen LogP contribution is -2.01. The van der Waals surface area contributed by atoms with Crippen molar-refractivity contribution in [2.75, 3.05) is 0 Å². The SMILES string of the molecule is O=Cc1cn(Cc2ccccc2Br)nc1-c1ccccc1. The summed E-state index contributed by atoms with van der Waals surface area (Å²) in [7, 11) is 0. The quantitative estimate of drug-likeness (QED) is 0.668. The molecule has 0 radical (unpaired) electrons. The molecule has 1 aromatic heterocycles. The third-order valence-corrected chi connectivity index (χ3v) is 4.03. The first kappa shape index (κ1) is 13.8. The van der Waals surface area contributed by atoms with Crippen molar-refractivity contribution < 1.29 is 4.79 Å². The molecular formula is C17H13BrN2O. The zero-order chi connectivity index (χ0) is 14.7. The van der Waals surface area contributed by atoms with E-state index in [2.05, 4.69) is 21.0 Å². The summed E-state index contributed by atoms with van der Waals surface area (Å²) in [4.78, 5) is 11.3. The average molecular weight is 341 g/mol. The van der Waals surface area contributed by atoms with Gasteiger partial charge in [0.2, 0.25) is 0 Å². The van der Waals surface area contributed by atoms with Crippen molar-refractivity contribution in [3.05, 3.63) is 76.4 Å². The number of hydrogen-bond donors (Lipinski definition) is 0. The molecule has 0 aliphatic heterocycles. The molecule has 0 saturated carbocycles. The zero-order valence-corrected chi connectivity index (χ0v) is 12.8. The van der Waals surface area contributed by atoms with Gasteiger partial charge in [-0.1, -0.05) is 64.5 Å². The molecule has 0 fully saturated rings. The van der Waals surface area contributed by atoms with Gasteiger partial charge in [0.25, 0.3) is 0 Å². The molecule has 104 valence electrons. The van der Waals surface area contributed by atoms with Crippen LogP contribution in [0.4, 0.5) is 0 Å². The molecule has 21 heavy (non-hydrogen) atoms. The molecule has 4 heteroatoms. The fourth-order valence-corrected chi connectivity index (χ4v) is 2.64. The lowest BCUT2D eigenvalue weighted by molar-refractivity contribution is 0.112. The molecule has 0 unspecified atom stereocenters. The summed E-state index contributed by atoms with van der Waals surface area (Å²) >= 11 is 3.53. The molecule has 3 nitrogen and oxygen atoms in total. The Hall–Kier alpha value is -2.20. The highest BCUT2D eigenvalue weighted by molar-refractivity contribution is 9.10. The van der Waals surface area contributed by atoms with E-state index < -0.39 is 0 Å². The van der Waals surface area contributed by atoms with Crippen molar-refractivity contribution in [2.24, 2.45) is 0 Å². The Morgan fingerprint density at radius 1 is 1.05 bits per heavy atom. The van der Waals surface area contributed by atoms with Crippen molar-refractivity contribution in [2.45, 2.75) is 6.54 Å². The topological polar surface area (TPSA) is 34.9 Å². The Bertz CT molecular complexity index is 765. The molecule has 0 aliphatic rings. The van der Waals surface area contributed by atoms with Gasteiger partial charge in [0, 0.05) is 16.2 Å². The Labute approximate surface area is 131 Å². The number of aldehydes is 1. The zero-order valence-electron chi connectivity index (χ0n) is 11.2. The molecule has 0 N–H and O–H groups in total. The van der Waals surface area contributed by atoms with Crippen molar-refractivity contribution in [1.82, 2.24) is 9.78 Å².